The average Bonchev–Trinajstić information content (AvgIpc) is 2.86. The normalized spacial score (nSPS) is 26.3. The number of benzene rings is 2. The van der Waals surface area contributed by atoms with Gasteiger partial charge in [-0.1, -0.05) is 69.5 Å². The number of carbonyl (C=O) groups is 2. The standard InChI is InChI=1S/C29H37ClN2O3/c1-4-20-8-7-9-21(18-20)26(33)31-25-11-6-5-10-24(25)27(34)32-17-16-29(35,28(2,3)19-32)22-12-14-23(30)15-13-22/h7-9,12-15,18,24-25,35H,4-6,10-11,16-17,19H2,1-3H3,(H,31,33)/t24-,25+,29-/m0/s1. The summed E-state index contributed by atoms with van der Waals surface area (Å²) < 4.78 is 0. The maximum Gasteiger partial charge on any atom is 0.251 e. The first-order valence-corrected chi connectivity index (χ1v) is 13.2. The largest absolute Gasteiger partial charge is 0.384 e. The van der Waals surface area contributed by atoms with Gasteiger partial charge in [0.2, 0.25) is 5.91 Å². The van der Waals surface area contributed by atoms with Crippen molar-refractivity contribution in [3.63, 3.8) is 0 Å². The average molecular weight is 497 g/mol. The molecule has 2 aliphatic rings. The molecule has 6 heteroatoms. The number of hydrogen-bond acceptors (Lipinski definition) is 3. The molecule has 0 bridgehead atoms. The smallest absolute Gasteiger partial charge is 0.251 e. The second kappa shape index (κ2) is 10.3. The van der Waals surface area contributed by atoms with E-state index in [-0.39, 0.29) is 23.8 Å². The van der Waals surface area contributed by atoms with Crippen molar-refractivity contribution >= 4 is 23.4 Å². The lowest BCUT2D eigenvalue weighted by atomic mass is 9.66. The lowest BCUT2D eigenvalue weighted by molar-refractivity contribution is -0.158. The first-order valence-electron chi connectivity index (χ1n) is 12.8. The van der Waals surface area contributed by atoms with Gasteiger partial charge in [-0.2, -0.15) is 0 Å². The van der Waals surface area contributed by atoms with E-state index in [4.69, 9.17) is 11.6 Å². The van der Waals surface area contributed by atoms with Gasteiger partial charge >= 0.3 is 0 Å². The van der Waals surface area contributed by atoms with Crippen LogP contribution in [0.1, 0.15) is 74.4 Å². The molecular weight excluding hydrogens is 460 g/mol. The summed E-state index contributed by atoms with van der Waals surface area (Å²) in [5.74, 6) is -0.260. The van der Waals surface area contributed by atoms with Crippen molar-refractivity contribution in [1.82, 2.24) is 10.2 Å². The number of likely N-dealkylation sites (tertiary alicyclic amines) is 1. The Morgan fingerprint density at radius 2 is 1.83 bits per heavy atom. The summed E-state index contributed by atoms with van der Waals surface area (Å²) in [7, 11) is 0. The van der Waals surface area contributed by atoms with Crippen LogP contribution in [0.4, 0.5) is 0 Å². The van der Waals surface area contributed by atoms with Crippen LogP contribution in [-0.2, 0) is 16.8 Å². The Morgan fingerprint density at radius 3 is 2.51 bits per heavy atom. The maximum atomic E-state index is 13.7. The zero-order valence-corrected chi connectivity index (χ0v) is 21.8. The van der Waals surface area contributed by atoms with Crippen molar-refractivity contribution in [3.8, 4) is 0 Å². The molecule has 0 aromatic heterocycles. The van der Waals surface area contributed by atoms with Crippen molar-refractivity contribution < 1.29 is 14.7 Å². The fourth-order valence-corrected chi connectivity index (χ4v) is 5.91. The van der Waals surface area contributed by atoms with Gasteiger partial charge in [-0.3, -0.25) is 9.59 Å². The van der Waals surface area contributed by atoms with Gasteiger partial charge in [0.1, 0.15) is 0 Å². The van der Waals surface area contributed by atoms with Gasteiger partial charge in [0.05, 0.1) is 11.5 Å². The quantitative estimate of drug-likeness (QED) is 0.587. The summed E-state index contributed by atoms with van der Waals surface area (Å²) in [4.78, 5) is 28.7. The molecule has 2 N–H and O–H groups in total. The maximum absolute atomic E-state index is 13.7. The predicted octanol–water partition coefficient (Wildman–Crippen LogP) is 5.34. The highest BCUT2D eigenvalue weighted by Crippen LogP contribution is 2.46. The molecule has 3 atom stereocenters. The topological polar surface area (TPSA) is 69.6 Å². The Morgan fingerprint density at radius 1 is 1.11 bits per heavy atom. The summed E-state index contributed by atoms with van der Waals surface area (Å²) in [5, 5.41) is 15.5. The number of aliphatic hydroxyl groups is 1. The Hall–Kier alpha value is -2.37. The van der Waals surface area contributed by atoms with E-state index in [2.05, 4.69) is 12.2 Å². The first kappa shape index (κ1) is 25.7. The second-order valence-corrected chi connectivity index (χ2v) is 11.2. The SMILES string of the molecule is CCc1cccc(C(=O)N[C@@H]2CCCC[C@@H]2C(=O)N2CC[C@](O)(c3ccc(Cl)cc3)C(C)(C)C2)c1. The summed E-state index contributed by atoms with van der Waals surface area (Å²) >= 11 is 6.06. The molecule has 1 heterocycles. The molecule has 2 amide bonds. The van der Waals surface area contributed by atoms with Crippen molar-refractivity contribution in [3.05, 3.63) is 70.2 Å². The Labute approximate surface area is 213 Å². The Balaban J connectivity index is 1.47. The molecule has 0 unspecified atom stereocenters. The number of piperidine rings is 1. The van der Waals surface area contributed by atoms with Crippen LogP contribution in [0.3, 0.4) is 0 Å². The number of hydrogen-bond donors (Lipinski definition) is 2. The van der Waals surface area contributed by atoms with Crippen molar-refractivity contribution in [2.45, 2.75) is 70.9 Å². The molecule has 1 saturated carbocycles. The zero-order chi connectivity index (χ0) is 25.2. The van der Waals surface area contributed by atoms with E-state index in [1.54, 1.807) is 12.1 Å². The summed E-state index contributed by atoms with van der Waals surface area (Å²) in [6.45, 7) is 7.04. The van der Waals surface area contributed by atoms with E-state index >= 15 is 0 Å². The van der Waals surface area contributed by atoms with Crippen LogP contribution in [0.5, 0.6) is 0 Å². The monoisotopic (exact) mass is 496 g/mol. The highest BCUT2D eigenvalue weighted by atomic mass is 35.5. The third-order valence-corrected chi connectivity index (χ3v) is 8.33. The van der Waals surface area contributed by atoms with E-state index < -0.39 is 11.0 Å². The van der Waals surface area contributed by atoms with E-state index in [1.165, 1.54) is 0 Å². The molecule has 2 aromatic rings. The zero-order valence-electron chi connectivity index (χ0n) is 21.0. The molecule has 0 spiro atoms. The van der Waals surface area contributed by atoms with Gasteiger partial charge in [-0.25, -0.2) is 0 Å². The molecule has 1 aliphatic carbocycles. The molecule has 1 aliphatic heterocycles. The molecule has 2 fully saturated rings. The number of nitrogens with one attached hydrogen (secondary N) is 1. The van der Waals surface area contributed by atoms with E-state index in [9.17, 15) is 14.7 Å². The Kier molecular flexibility index (Phi) is 7.58. The number of amides is 2. The van der Waals surface area contributed by atoms with Crippen LogP contribution in [0.15, 0.2) is 48.5 Å². The molecule has 188 valence electrons. The van der Waals surface area contributed by atoms with Crippen LogP contribution in [0, 0.1) is 11.3 Å². The fraction of sp³-hybridized carbons (Fsp3) is 0.517. The van der Waals surface area contributed by atoms with Gasteiger partial charge in [0.15, 0.2) is 0 Å². The van der Waals surface area contributed by atoms with Crippen LogP contribution >= 0.6 is 11.6 Å². The van der Waals surface area contributed by atoms with Crippen LogP contribution in [0.2, 0.25) is 5.02 Å². The molecule has 4 rings (SSSR count). The molecule has 0 radical (unpaired) electrons. The number of aryl methyl sites for hydroxylation is 1. The highest BCUT2D eigenvalue weighted by molar-refractivity contribution is 6.30. The Bertz CT molecular complexity index is 1070. The van der Waals surface area contributed by atoms with E-state index in [0.717, 1.165) is 43.2 Å². The summed E-state index contributed by atoms with van der Waals surface area (Å²) in [5.41, 5.74) is 1.02. The van der Waals surface area contributed by atoms with Crippen molar-refractivity contribution in [2.24, 2.45) is 11.3 Å². The predicted molar refractivity (Wildman–Crippen MR) is 139 cm³/mol. The number of carbonyl (C=O) groups excluding carboxylic acids is 2. The molecule has 1 saturated heterocycles. The van der Waals surface area contributed by atoms with Crippen molar-refractivity contribution in [2.75, 3.05) is 13.1 Å². The van der Waals surface area contributed by atoms with Gasteiger partial charge in [-0.05, 0) is 61.1 Å². The number of rotatable bonds is 5. The van der Waals surface area contributed by atoms with E-state index in [1.807, 2.05) is 55.1 Å². The number of nitrogens with zero attached hydrogens (tertiary/aromatic N) is 1. The summed E-state index contributed by atoms with van der Waals surface area (Å²) in [6, 6.07) is 14.9. The lowest BCUT2D eigenvalue weighted by Gasteiger charge is -2.51. The first-order chi connectivity index (χ1) is 16.6. The molecule has 2 aromatic carbocycles. The fourth-order valence-electron chi connectivity index (χ4n) is 5.79. The minimum Gasteiger partial charge on any atom is -0.384 e. The second-order valence-electron chi connectivity index (χ2n) is 10.8. The van der Waals surface area contributed by atoms with Gasteiger partial charge in [0.25, 0.3) is 5.91 Å². The molecule has 5 nitrogen and oxygen atoms in total. The highest BCUT2D eigenvalue weighted by Gasteiger charge is 2.50. The van der Waals surface area contributed by atoms with E-state index in [0.29, 0.717) is 30.1 Å². The third-order valence-electron chi connectivity index (χ3n) is 8.08. The van der Waals surface area contributed by atoms with Crippen LogP contribution in [-0.4, -0.2) is 41.0 Å². The molecule has 35 heavy (non-hydrogen) atoms. The minimum absolute atomic E-state index is 0.0866. The third kappa shape index (κ3) is 5.26. The number of halogens is 1. The van der Waals surface area contributed by atoms with Crippen molar-refractivity contribution in [1.29, 1.82) is 0 Å². The van der Waals surface area contributed by atoms with Gasteiger partial charge in [-0.15, -0.1) is 0 Å². The van der Waals surface area contributed by atoms with Gasteiger partial charge in [0, 0.05) is 35.1 Å². The minimum atomic E-state index is -1.04. The van der Waals surface area contributed by atoms with Crippen LogP contribution in [0.25, 0.3) is 0 Å². The van der Waals surface area contributed by atoms with Crippen LogP contribution < -0.4 is 5.32 Å². The molecular formula is C29H37ClN2O3. The lowest BCUT2D eigenvalue weighted by Crippen LogP contribution is -2.59. The van der Waals surface area contributed by atoms with Gasteiger partial charge < -0.3 is 15.3 Å². The summed E-state index contributed by atoms with van der Waals surface area (Å²) in [6.07, 6.45) is 4.91.